The van der Waals surface area contributed by atoms with Crippen LogP contribution < -0.4 is 0 Å². The molecular weight excluding hydrogens is 188 g/mol. The molecule has 14 heavy (non-hydrogen) atoms. The second kappa shape index (κ2) is 8.48. The Labute approximate surface area is 92.0 Å². The van der Waals surface area contributed by atoms with Gasteiger partial charge in [0.2, 0.25) is 9.04 Å². The first-order valence-electron chi connectivity index (χ1n) is 6.03. The van der Waals surface area contributed by atoms with Crippen molar-refractivity contribution in [3.8, 4) is 0 Å². The maximum atomic E-state index is 5.84. The third-order valence-electron chi connectivity index (χ3n) is 2.35. The topological polar surface area (TPSA) is 9.23 Å². The number of rotatable bonds is 8. The predicted octanol–water partition coefficient (Wildman–Crippen LogP) is 4.11. The molecule has 0 aromatic heterocycles. The van der Waals surface area contributed by atoms with Crippen LogP contribution in [0.4, 0.5) is 0 Å². The third-order valence-corrected chi connectivity index (χ3v) is 4.74. The van der Waals surface area contributed by atoms with Crippen LogP contribution >= 0.6 is 0 Å². The fourth-order valence-electron chi connectivity index (χ4n) is 1.37. The first-order valence-corrected chi connectivity index (χ1v) is 7.86. The Morgan fingerprint density at radius 1 is 0.929 bits per heavy atom. The SMILES string of the molecule is CCO[Si](CCC(C)C)CCC(C)C. The Kier molecular flexibility index (Phi) is 8.59. The fraction of sp³-hybridized carbons (Fsp3) is 1.00. The highest BCUT2D eigenvalue weighted by Crippen LogP contribution is 2.15. The van der Waals surface area contributed by atoms with Crippen molar-refractivity contribution in [3.05, 3.63) is 0 Å². The van der Waals surface area contributed by atoms with Crippen LogP contribution in [0, 0.1) is 11.8 Å². The van der Waals surface area contributed by atoms with Crippen molar-refractivity contribution < 1.29 is 4.43 Å². The highest BCUT2D eigenvalue weighted by molar-refractivity contribution is 6.51. The molecule has 0 aliphatic rings. The lowest BCUT2D eigenvalue weighted by Crippen LogP contribution is -2.19. The quantitative estimate of drug-likeness (QED) is 0.554. The van der Waals surface area contributed by atoms with E-state index in [0.29, 0.717) is 0 Å². The van der Waals surface area contributed by atoms with Gasteiger partial charge in [0.15, 0.2) is 0 Å². The van der Waals surface area contributed by atoms with Gasteiger partial charge in [-0.2, -0.15) is 0 Å². The summed E-state index contributed by atoms with van der Waals surface area (Å²) in [7, 11) is -0.486. The van der Waals surface area contributed by atoms with Gasteiger partial charge in [-0.05, 0) is 30.8 Å². The minimum atomic E-state index is -0.486. The molecule has 0 rings (SSSR count). The van der Waals surface area contributed by atoms with E-state index in [1.165, 1.54) is 24.9 Å². The van der Waals surface area contributed by atoms with Gasteiger partial charge >= 0.3 is 0 Å². The van der Waals surface area contributed by atoms with Crippen molar-refractivity contribution in [3.63, 3.8) is 0 Å². The van der Waals surface area contributed by atoms with Crippen molar-refractivity contribution in [1.82, 2.24) is 0 Å². The molecule has 0 spiro atoms. The molecule has 0 N–H and O–H groups in total. The van der Waals surface area contributed by atoms with Gasteiger partial charge in [-0.15, -0.1) is 0 Å². The molecule has 1 nitrogen and oxygen atoms in total. The van der Waals surface area contributed by atoms with Crippen LogP contribution in [-0.4, -0.2) is 15.6 Å². The van der Waals surface area contributed by atoms with E-state index in [2.05, 4.69) is 34.6 Å². The van der Waals surface area contributed by atoms with E-state index in [4.69, 9.17) is 4.43 Å². The van der Waals surface area contributed by atoms with Crippen molar-refractivity contribution in [2.75, 3.05) is 6.61 Å². The van der Waals surface area contributed by atoms with Gasteiger partial charge in [0.05, 0.1) is 0 Å². The highest BCUT2D eigenvalue weighted by Gasteiger charge is 2.13. The standard InChI is InChI=1S/C12H27OSi/c1-6-13-14(9-7-11(2)3)10-8-12(4)5/h11-12H,6-10H2,1-5H3. The van der Waals surface area contributed by atoms with E-state index in [1.54, 1.807) is 0 Å². The van der Waals surface area contributed by atoms with Gasteiger partial charge in [0.1, 0.15) is 0 Å². The maximum absolute atomic E-state index is 5.84. The Hall–Kier alpha value is 0.177. The van der Waals surface area contributed by atoms with Gasteiger partial charge in [-0.25, -0.2) is 0 Å². The largest absolute Gasteiger partial charge is 0.417 e. The van der Waals surface area contributed by atoms with Crippen LogP contribution in [-0.2, 0) is 4.43 Å². The van der Waals surface area contributed by atoms with Crippen molar-refractivity contribution in [1.29, 1.82) is 0 Å². The van der Waals surface area contributed by atoms with E-state index < -0.39 is 9.04 Å². The fourth-order valence-corrected chi connectivity index (χ4v) is 4.12. The summed E-state index contributed by atoms with van der Waals surface area (Å²) in [5.74, 6) is 1.66. The molecule has 0 amide bonds. The zero-order valence-corrected chi connectivity index (χ0v) is 11.6. The molecule has 85 valence electrons. The summed E-state index contributed by atoms with van der Waals surface area (Å²) in [5, 5.41) is 0. The second-order valence-corrected chi connectivity index (χ2v) is 7.20. The molecule has 2 heteroatoms. The average molecular weight is 215 g/mol. The summed E-state index contributed by atoms with van der Waals surface area (Å²) < 4.78 is 5.84. The van der Waals surface area contributed by atoms with Gasteiger partial charge in [-0.1, -0.05) is 40.5 Å². The van der Waals surface area contributed by atoms with E-state index >= 15 is 0 Å². The zero-order valence-electron chi connectivity index (χ0n) is 10.6. The lowest BCUT2D eigenvalue weighted by atomic mass is 10.2. The molecule has 0 saturated carbocycles. The van der Waals surface area contributed by atoms with E-state index in [1.807, 2.05) is 0 Å². The summed E-state index contributed by atoms with van der Waals surface area (Å²) in [6.07, 6.45) is 2.68. The van der Waals surface area contributed by atoms with E-state index in [9.17, 15) is 0 Å². The number of hydrogen-bond acceptors (Lipinski definition) is 1. The Morgan fingerprint density at radius 3 is 1.64 bits per heavy atom. The molecule has 0 bridgehead atoms. The monoisotopic (exact) mass is 215 g/mol. The van der Waals surface area contributed by atoms with Crippen LogP contribution in [0.15, 0.2) is 0 Å². The minimum Gasteiger partial charge on any atom is -0.417 e. The van der Waals surface area contributed by atoms with Crippen molar-refractivity contribution in [2.24, 2.45) is 11.8 Å². The minimum absolute atomic E-state index is 0.486. The van der Waals surface area contributed by atoms with E-state index in [-0.39, 0.29) is 0 Å². The molecule has 0 atom stereocenters. The lowest BCUT2D eigenvalue weighted by Gasteiger charge is -2.16. The average Bonchev–Trinajstić information content (AvgIpc) is 2.09. The molecule has 0 fully saturated rings. The Bertz CT molecular complexity index is 111. The van der Waals surface area contributed by atoms with Gasteiger partial charge in [0.25, 0.3) is 0 Å². The van der Waals surface area contributed by atoms with Crippen molar-refractivity contribution in [2.45, 2.75) is 59.5 Å². The summed E-state index contributed by atoms with van der Waals surface area (Å²) in [4.78, 5) is 0. The van der Waals surface area contributed by atoms with Gasteiger partial charge in [-0.3, -0.25) is 0 Å². The van der Waals surface area contributed by atoms with Crippen LogP contribution in [0.3, 0.4) is 0 Å². The summed E-state index contributed by atoms with van der Waals surface area (Å²) >= 11 is 0. The molecule has 0 heterocycles. The first kappa shape index (κ1) is 14.2. The molecular formula is C12H27OSi. The molecule has 0 aliphatic carbocycles. The lowest BCUT2D eigenvalue weighted by molar-refractivity contribution is 0.335. The summed E-state index contributed by atoms with van der Waals surface area (Å²) in [6.45, 7) is 12.2. The maximum Gasteiger partial charge on any atom is 0.211 e. The Morgan fingerprint density at radius 2 is 1.36 bits per heavy atom. The molecule has 0 aromatic rings. The molecule has 0 aromatic carbocycles. The predicted molar refractivity (Wildman–Crippen MR) is 65.9 cm³/mol. The highest BCUT2D eigenvalue weighted by atomic mass is 28.3. The first-order chi connectivity index (χ1) is 6.56. The van der Waals surface area contributed by atoms with E-state index in [0.717, 1.165) is 18.4 Å². The molecule has 1 radical (unpaired) electrons. The van der Waals surface area contributed by atoms with Crippen LogP contribution in [0.5, 0.6) is 0 Å². The summed E-state index contributed by atoms with van der Waals surface area (Å²) in [5.41, 5.74) is 0. The number of hydrogen-bond donors (Lipinski definition) is 0. The van der Waals surface area contributed by atoms with Crippen molar-refractivity contribution >= 4 is 9.04 Å². The second-order valence-electron chi connectivity index (χ2n) is 4.84. The van der Waals surface area contributed by atoms with Gasteiger partial charge < -0.3 is 4.43 Å². The summed E-state index contributed by atoms with van der Waals surface area (Å²) in [6, 6.07) is 2.67. The molecule has 0 aliphatic heterocycles. The normalized spacial score (nSPS) is 12.0. The Balaban J connectivity index is 3.65. The smallest absolute Gasteiger partial charge is 0.211 e. The third kappa shape index (κ3) is 8.76. The molecule has 0 saturated heterocycles. The van der Waals surface area contributed by atoms with Crippen LogP contribution in [0.2, 0.25) is 12.1 Å². The zero-order chi connectivity index (χ0) is 11.0. The molecule has 0 unspecified atom stereocenters. The van der Waals surface area contributed by atoms with Gasteiger partial charge in [0, 0.05) is 6.61 Å². The van der Waals surface area contributed by atoms with Crippen LogP contribution in [0.1, 0.15) is 47.5 Å². The van der Waals surface area contributed by atoms with Crippen LogP contribution in [0.25, 0.3) is 0 Å².